The number of likely N-dealkylation sites (tertiary alicyclic amines) is 1. The van der Waals surface area contributed by atoms with Gasteiger partial charge in [0, 0.05) is 32.1 Å². The van der Waals surface area contributed by atoms with Crippen LogP contribution in [0.15, 0.2) is 35.3 Å². The van der Waals surface area contributed by atoms with E-state index in [4.69, 9.17) is 9.73 Å². The minimum absolute atomic E-state index is 0.0202. The number of guanidine groups is 1. The predicted molar refractivity (Wildman–Crippen MR) is 106 cm³/mol. The summed E-state index contributed by atoms with van der Waals surface area (Å²) in [5.74, 6) is 1.81. The molecule has 0 spiro atoms. The first-order chi connectivity index (χ1) is 12.6. The van der Waals surface area contributed by atoms with Crippen LogP contribution in [-0.2, 0) is 9.53 Å². The van der Waals surface area contributed by atoms with Crippen LogP contribution in [0.4, 0.5) is 0 Å². The summed E-state index contributed by atoms with van der Waals surface area (Å²) in [6, 6.07) is 10.6. The quantitative estimate of drug-likeness (QED) is 0.481. The average Bonchev–Trinajstić information content (AvgIpc) is 2.67. The topological polar surface area (TPSA) is 53.9 Å². The number of nitrogens with one attached hydrogen (secondary N) is 1. The third-order valence-corrected chi connectivity index (χ3v) is 5.13. The van der Waals surface area contributed by atoms with Crippen molar-refractivity contribution in [3.63, 3.8) is 0 Å². The molecule has 144 valence electrons. The number of hydrogen-bond acceptors (Lipinski definition) is 3. The highest BCUT2D eigenvalue weighted by Gasteiger charge is 2.27. The maximum atomic E-state index is 11.7. The Kier molecular flexibility index (Phi) is 7.95. The van der Waals surface area contributed by atoms with Crippen molar-refractivity contribution < 1.29 is 9.53 Å². The highest BCUT2D eigenvalue weighted by molar-refractivity contribution is 5.80. The smallest absolute Gasteiger partial charge is 0.308 e. The number of piperidine rings is 1. The van der Waals surface area contributed by atoms with Crippen molar-refractivity contribution in [3.05, 3.63) is 35.9 Å². The van der Waals surface area contributed by atoms with Gasteiger partial charge in [0.2, 0.25) is 0 Å². The zero-order valence-electron chi connectivity index (χ0n) is 16.6. The van der Waals surface area contributed by atoms with Crippen molar-refractivity contribution in [2.75, 3.05) is 33.3 Å². The molecule has 1 saturated heterocycles. The van der Waals surface area contributed by atoms with Gasteiger partial charge in [0.25, 0.3) is 0 Å². The maximum Gasteiger partial charge on any atom is 0.308 e. The van der Waals surface area contributed by atoms with Gasteiger partial charge in [-0.3, -0.25) is 9.79 Å². The summed E-state index contributed by atoms with van der Waals surface area (Å²) in [4.78, 5) is 18.9. The molecule has 0 amide bonds. The zero-order valence-corrected chi connectivity index (χ0v) is 16.6. The van der Waals surface area contributed by atoms with E-state index < -0.39 is 0 Å². The van der Waals surface area contributed by atoms with Gasteiger partial charge in [-0.2, -0.15) is 0 Å². The second kappa shape index (κ2) is 10.2. The third-order valence-electron chi connectivity index (χ3n) is 5.13. The molecule has 0 bridgehead atoms. The van der Waals surface area contributed by atoms with Crippen molar-refractivity contribution in [1.29, 1.82) is 0 Å². The molecule has 26 heavy (non-hydrogen) atoms. The third kappa shape index (κ3) is 5.48. The summed E-state index contributed by atoms with van der Waals surface area (Å²) >= 11 is 0. The Bertz CT molecular complexity index is 578. The fourth-order valence-electron chi connectivity index (χ4n) is 3.51. The van der Waals surface area contributed by atoms with Crippen LogP contribution >= 0.6 is 0 Å². The fraction of sp³-hybridized carbons (Fsp3) is 0.619. The minimum atomic E-state index is -0.0875. The number of methoxy groups -OCH3 is 1. The number of benzene rings is 1. The van der Waals surface area contributed by atoms with E-state index in [1.54, 1.807) is 0 Å². The van der Waals surface area contributed by atoms with Gasteiger partial charge in [-0.05, 0) is 31.2 Å². The van der Waals surface area contributed by atoms with Gasteiger partial charge in [0.1, 0.15) is 0 Å². The van der Waals surface area contributed by atoms with Crippen molar-refractivity contribution in [1.82, 2.24) is 10.2 Å². The molecule has 1 aliphatic heterocycles. The molecule has 0 saturated carbocycles. The van der Waals surface area contributed by atoms with Gasteiger partial charge >= 0.3 is 5.97 Å². The Morgan fingerprint density at radius 1 is 1.27 bits per heavy atom. The molecule has 0 radical (unpaired) electrons. The second-order valence-corrected chi connectivity index (χ2v) is 7.24. The first kappa shape index (κ1) is 20.3. The van der Waals surface area contributed by atoms with Gasteiger partial charge in [-0.25, -0.2) is 0 Å². The van der Waals surface area contributed by atoms with Crippen LogP contribution in [0.5, 0.6) is 0 Å². The van der Waals surface area contributed by atoms with E-state index in [9.17, 15) is 4.79 Å². The lowest BCUT2D eigenvalue weighted by Crippen LogP contribution is -2.46. The zero-order chi connectivity index (χ0) is 18.9. The van der Waals surface area contributed by atoms with E-state index in [1.807, 2.05) is 0 Å². The Morgan fingerprint density at radius 3 is 2.46 bits per heavy atom. The average molecular weight is 360 g/mol. The summed E-state index contributed by atoms with van der Waals surface area (Å²) in [7, 11) is 1.47. The molecule has 1 heterocycles. The molecule has 1 fully saturated rings. The summed E-state index contributed by atoms with van der Waals surface area (Å²) in [6.07, 6.45) is 1.65. The summed E-state index contributed by atoms with van der Waals surface area (Å²) in [5.41, 5.74) is 1.34. The van der Waals surface area contributed by atoms with Gasteiger partial charge in [-0.15, -0.1) is 0 Å². The summed E-state index contributed by atoms with van der Waals surface area (Å²) < 4.78 is 4.88. The molecule has 1 aromatic rings. The number of carbonyl (C=O) groups excluding carboxylic acids is 1. The monoisotopic (exact) mass is 359 g/mol. The lowest BCUT2D eigenvalue weighted by Gasteiger charge is -2.33. The Hall–Kier alpha value is -2.04. The van der Waals surface area contributed by atoms with Crippen LogP contribution in [0.1, 0.15) is 45.1 Å². The van der Waals surface area contributed by atoms with E-state index in [0.29, 0.717) is 11.8 Å². The van der Waals surface area contributed by atoms with Gasteiger partial charge < -0.3 is 15.0 Å². The van der Waals surface area contributed by atoms with Crippen molar-refractivity contribution in [2.24, 2.45) is 16.8 Å². The van der Waals surface area contributed by atoms with E-state index in [2.05, 4.69) is 61.3 Å². The number of rotatable bonds is 6. The van der Waals surface area contributed by atoms with Crippen LogP contribution in [0, 0.1) is 11.8 Å². The SMILES string of the molecule is CCNC(=NCC(c1ccccc1)C(C)C)N1CCC(C(=O)OC)CC1. The molecular weight excluding hydrogens is 326 g/mol. The largest absolute Gasteiger partial charge is 0.469 e. The molecule has 5 nitrogen and oxygen atoms in total. The van der Waals surface area contributed by atoms with Crippen LogP contribution in [0.2, 0.25) is 0 Å². The molecule has 1 N–H and O–H groups in total. The summed E-state index contributed by atoms with van der Waals surface area (Å²) in [5, 5.41) is 3.42. The molecule has 1 aromatic carbocycles. The minimum Gasteiger partial charge on any atom is -0.469 e. The molecular formula is C21H33N3O2. The number of aliphatic imine (C=N–C) groups is 1. The predicted octanol–water partition coefficient (Wildman–Crippen LogP) is 3.28. The van der Waals surface area contributed by atoms with Crippen LogP contribution in [-0.4, -0.2) is 50.1 Å². The molecule has 2 rings (SSSR count). The van der Waals surface area contributed by atoms with Crippen molar-refractivity contribution in [2.45, 2.75) is 39.5 Å². The first-order valence-electron chi connectivity index (χ1n) is 9.72. The number of esters is 1. The highest BCUT2D eigenvalue weighted by Crippen LogP contribution is 2.25. The van der Waals surface area contributed by atoms with Crippen molar-refractivity contribution in [3.8, 4) is 0 Å². The van der Waals surface area contributed by atoms with Gasteiger partial charge in [0.05, 0.1) is 13.0 Å². The maximum absolute atomic E-state index is 11.7. The fourth-order valence-corrected chi connectivity index (χ4v) is 3.51. The molecule has 1 unspecified atom stereocenters. The highest BCUT2D eigenvalue weighted by atomic mass is 16.5. The molecule has 1 atom stereocenters. The standard InChI is InChI=1S/C21H33N3O2/c1-5-22-21(24-13-11-18(12-14-24)20(25)26-4)23-15-19(16(2)3)17-9-7-6-8-10-17/h6-10,16,18-19H,5,11-15H2,1-4H3,(H,22,23). The lowest BCUT2D eigenvalue weighted by atomic mass is 9.88. The van der Waals surface area contributed by atoms with Crippen LogP contribution < -0.4 is 5.32 Å². The van der Waals surface area contributed by atoms with E-state index in [1.165, 1.54) is 12.7 Å². The number of carbonyl (C=O) groups is 1. The van der Waals surface area contributed by atoms with E-state index in [0.717, 1.165) is 45.0 Å². The Balaban J connectivity index is 2.05. The number of nitrogens with zero attached hydrogens (tertiary/aromatic N) is 2. The molecule has 0 aromatic heterocycles. The van der Waals surface area contributed by atoms with E-state index >= 15 is 0 Å². The van der Waals surface area contributed by atoms with E-state index in [-0.39, 0.29) is 11.9 Å². The molecule has 1 aliphatic rings. The first-order valence-corrected chi connectivity index (χ1v) is 9.72. The lowest BCUT2D eigenvalue weighted by molar-refractivity contribution is -0.146. The van der Waals surface area contributed by atoms with Crippen LogP contribution in [0.3, 0.4) is 0 Å². The normalized spacial score (nSPS) is 17.3. The second-order valence-electron chi connectivity index (χ2n) is 7.24. The molecule has 0 aliphatic carbocycles. The number of ether oxygens (including phenoxy) is 1. The van der Waals surface area contributed by atoms with Gasteiger partial charge in [0.15, 0.2) is 5.96 Å². The Morgan fingerprint density at radius 2 is 1.92 bits per heavy atom. The summed E-state index contributed by atoms with van der Waals surface area (Å²) in [6.45, 7) is 9.87. The number of hydrogen-bond donors (Lipinski definition) is 1. The molecule has 5 heteroatoms. The van der Waals surface area contributed by atoms with Crippen molar-refractivity contribution >= 4 is 11.9 Å². The van der Waals surface area contributed by atoms with Crippen LogP contribution in [0.25, 0.3) is 0 Å². The van der Waals surface area contributed by atoms with Gasteiger partial charge in [-0.1, -0.05) is 44.2 Å². The Labute approximate surface area is 157 Å².